The van der Waals surface area contributed by atoms with Crippen molar-refractivity contribution in [2.75, 3.05) is 15.4 Å². The lowest BCUT2D eigenvalue weighted by atomic mass is 10.3. The maximum absolute atomic E-state index is 12.5. The van der Waals surface area contributed by atoms with Crippen LogP contribution in [-0.4, -0.2) is 14.4 Å². The van der Waals surface area contributed by atoms with E-state index in [1.54, 1.807) is 48.5 Å². The molecular weight excluding hydrogens is 421 g/mol. The molecule has 2 amide bonds. The van der Waals surface area contributed by atoms with Crippen molar-refractivity contribution in [1.29, 1.82) is 0 Å². The first-order valence-electron chi connectivity index (χ1n) is 8.05. The molecule has 0 fully saturated rings. The van der Waals surface area contributed by atoms with E-state index in [-0.39, 0.29) is 10.6 Å². The molecule has 3 aromatic rings. The van der Waals surface area contributed by atoms with Gasteiger partial charge >= 0.3 is 6.03 Å². The molecule has 0 saturated heterocycles. The predicted molar refractivity (Wildman–Crippen MR) is 113 cm³/mol. The molecule has 0 spiro atoms. The number of anilines is 3. The van der Waals surface area contributed by atoms with Gasteiger partial charge in [-0.1, -0.05) is 47.5 Å². The molecule has 0 saturated carbocycles. The first-order valence-corrected chi connectivity index (χ1v) is 10.3. The van der Waals surface area contributed by atoms with Crippen molar-refractivity contribution in [2.24, 2.45) is 0 Å². The summed E-state index contributed by atoms with van der Waals surface area (Å²) < 4.78 is 27.4. The minimum atomic E-state index is -3.82. The molecule has 144 valence electrons. The SMILES string of the molecule is O=C(Nc1ccc(S(=O)(=O)Nc2ccccc2Cl)cc1)Nc1ccccc1Cl. The van der Waals surface area contributed by atoms with Crippen molar-refractivity contribution in [3.63, 3.8) is 0 Å². The standard InChI is InChI=1S/C19H15Cl2N3O3S/c20-15-5-1-3-7-17(15)23-19(25)22-13-9-11-14(12-10-13)28(26,27)24-18-8-4-2-6-16(18)21/h1-12,24H,(H2,22,23,25). The molecule has 3 N–H and O–H groups in total. The van der Waals surface area contributed by atoms with Gasteiger partial charge in [0.25, 0.3) is 10.0 Å². The van der Waals surface area contributed by atoms with Gasteiger partial charge in [0.1, 0.15) is 0 Å². The fraction of sp³-hybridized carbons (Fsp3) is 0. The van der Waals surface area contributed by atoms with E-state index in [0.717, 1.165) is 0 Å². The van der Waals surface area contributed by atoms with E-state index >= 15 is 0 Å². The summed E-state index contributed by atoms with van der Waals surface area (Å²) >= 11 is 12.0. The highest BCUT2D eigenvalue weighted by Crippen LogP contribution is 2.25. The van der Waals surface area contributed by atoms with E-state index in [1.807, 2.05) is 0 Å². The number of amides is 2. The van der Waals surface area contributed by atoms with Gasteiger partial charge in [0.15, 0.2) is 0 Å². The quantitative estimate of drug-likeness (QED) is 0.498. The van der Waals surface area contributed by atoms with Gasteiger partial charge in [-0.3, -0.25) is 4.72 Å². The van der Waals surface area contributed by atoms with E-state index in [9.17, 15) is 13.2 Å². The Bertz CT molecular complexity index is 1100. The number of rotatable bonds is 5. The van der Waals surface area contributed by atoms with Gasteiger partial charge in [-0.05, 0) is 48.5 Å². The summed E-state index contributed by atoms with van der Waals surface area (Å²) in [7, 11) is -3.82. The summed E-state index contributed by atoms with van der Waals surface area (Å²) in [4.78, 5) is 12.1. The lowest BCUT2D eigenvalue weighted by Gasteiger charge is -2.11. The first-order chi connectivity index (χ1) is 13.3. The van der Waals surface area contributed by atoms with Crippen LogP contribution in [0.2, 0.25) is 10.0 Å². The topological polar surface area (TPSA) is 87.3 Å². The van der Waals surface area contributed by atoms with E-state index in [1.165, 1.54) is 24.3 Å². The molecule has 0 bridgehead atoms. The highest BCUT2D eigenvalue weighted by atomic mass is 35.5. The third kappa shape index (κ3) is 4.95. The molecule has 0 atom stereocenters. The Morgan fingerprint density at radius 3 is 1.82 bits per heavy atom. The normalized spacial score (nSPS) is 10.9. The number of urea groups is 1. The molecule has 3 aromatic carbocycles. The summed E-state index contributed by atoms with van der Waals surface area (Å²) in [5.74, 6) is 0. The molecule has 0 aromatic heterocycles. The minimum absolute atomic E-state index is 0.0319. The first kappa shape index (κ1) is 20.0. The van der Waals surface area contributed by atoms with Crippen molar-refractivity contribution in [2.45, 2.75) is 4.90 Å². The van der Waals surface area contributed by atoms with Gasteiger partial charge in [0.05, 0.1) is 26.3 Å². The number of halogens is 2. The highest BCUT2D eigenvalue weighted by molar-refractivity contribution is 7.92. The van der Waals surface area contributed by atoms with Gasteiger partial charge in [0.2, 0.25) is 0 Å². The van der Waals surface area contributed by atoms with Gasteiger partial charge in [-0.15, -0.1) is 0 Å². The molecule has 0 aliphatic carbocycles. The maximum atomic E-state index is 12.5. The second-order valence-corrected chi connectivity index (χ2v) is 8.17. The van der Waals surface area contributed by atoms with Gasteiger partial charge in [-0.25, -0.2) is 13.2 Å². The lowest BCUT2D eigenvalue weighted by Crippen LogP contribution is -2.19. The Labute approximate surface area is 172 Å². The number of para-hydroxylation sites is 2. The second-order valence-electron chi connectivity index (χ2n) is 5.67. The van der Waals surface area contributed by atoms with Crippen molar-refractivity contribution < 1.29 is 13.2 Å². The van der Waals surface area contributed by atoms with Crippen LogP contribution in [0.4, 0.5) is 21.9 Å². The van der Waals surface area contributed by atoms with Gasteiger partial charge < -0.3 is 10.6 Å². The maximum Gasteiger partial charge on any atom is 0.323 e. The number of sulfonamides is 1. The molecule has 0 heterocycles. The largest absolute Gasteiger partial charge is 0.323 e. The number of benzene rings is 3. The van der Waals surface area contributed by atoms with Crippen LogP contribution >= 0.6 is 23.2 Å². The Morgan fingerprint density at radius 1 is 0.714 bits per heavy atom. The van der Waals surface area contributed by atoms with Crippen LogP contribution in [0.5, 0.6) is 0 Å². The Morgan fingerprint density at radius 2 is 1.25 bits per heavy atom. The van der Waals surface area contributed by atoms with Crippen LogP contribution in [0.25, 0.3) is 0 Å². The zero-order valence-corrected chi connectivity index (χ0v) is 16.6. The lowest BCUT2D eigenvalue weighted by molar-refractivity contribution is 0.262. The molecule has 0 unspecified atom stereocenters. The van der Waals surface area contributed by atoms with Crippen molar-refractivity contribution >= 4 is 56.3 Å². The molecule has 9 heteroatoms. The monoisotopic (exact) mass is 435 g/mol. The number of carbonyl (C=O) groups excluding carboxylic acids is 1. The summed E-state index contributed by atoms with van der Waals surface area (Å²) in [6.45, 7) is 0. The summed E-state index contributed by atoms with van der Waals surface area (Å²) in [6.07, 6.45) is 0. The average molecular weight is 436 g/mol. The fourth-order valence-corrected chi connectivity index (χ4v) is 3.81. The summed E-state index contributed by atoms with van der Waals surface area (Å²) in [5.41, 5.74) is 1.16. The van der Waals surface area contributed by atoms with Crippen LogP contribution in [0.1, 0.15) is 0 Å². The van der Waals surface area contributed by atoms with Crippen molar-refractivity contribution in [3.8, 4) is 0 Å². The Balaban J connectivity index is 1.68. The third-order valence-corrected chi connectivity index (χ3v) is 5.70. The van der Waals surface area contributed by atoms with Crippen LogP contribution in [0, 0.1) is 0 Å². The van der Waals surface area contributed by atoms with Gasteiger partial charge in [0, 0.05) is 5.69 Å². The Kier molecular flexibility index (Phi) is 6.08. The number of hydrogen-bond acceptors (Lipinski definition) is 3. The molecule has 0 aliphatic heterocycles. The average Bonchev–Trinajstić information content (AvgIpc) is 2.66. The van der Waals surface area contributed by atoms with Crippen LogP contribution < -0.4 is 15.4 Å². The highest BCUT2D eigenvalue weighted by Gasteiger charge is 2.16. The predicted octanol–water partition coefficient (Wildman–Crippen LogP) is 5.44. The van der Waals surface area contributed by atoms with E-state index in [2.05, 4.69) is 15.4 Å². The minimum Gasteiger partial charge on any atom is -0.308 e. The van der Waals surface area contributed by atoms with Crippen molar-refractivity contribution in [3.05, 3.63) is 82.8 Å². The van der Waals surface area contributed by atoms with Crippen molar-refractivity contribution in [1.82, 2.24) is 0 Å². The molecule has 0 radical (unpaired) electrons. The van der Waals surface area contributed by atoms with Crippen LogP contribution in [0.3, 0.4) is 0 Å². The molecule has 28 heavy (non-hydrogen) atoms. The molecule has 3 rings (SSSR count). The number of carbonyl (C=O) groups is 1. The summed E-state index contributed by atoms with van der Waals surface area (Å²) in [5, 5.41) is 5.92. The second kappa shape index (κ2) is 8.52. The Hall–Kier alpha value is -2.74. The molecule has 0 aliphatic rings. The van der Waals surface area contributed by atoms with E-state index in [4.69, 9.17) is 23.2 Å². The van der Waals surface area contributed by atoms with Gasteiger partial charge in [-0.2, -0.15) is 0 Å². The number of nitrogens with one attached hydrogen (secondary N) is 3. The number of hydrogen-bond donors (Lipinski definition) is 3. The fourth-order valence-electron chi connectivity index (χ4n) is 2.31. The van der Waals surface area contributed by atoms with Crippen LogP contribution in [-0.2, 0) is 10.0 Å². The third-order valence-electron chi connectivity index (χ3n) is 3.66. The zero-order chi connectivity index (χ0) is 20.1. The van der Waals surface area contributed by atoms with E-state index < -0.39 is 16.1 Å². The molecule has 6 nitrogen and oxygen atoms in total. The van der Waals surface area contributed by atoms with Crippen LogP contribution in [0.15, 0.2) is 77.7 Å². The smallest absolute Gasteiger partial charge is 0.308 e. The molecular formula is C19H15Cl2N3O3S. The zero-order valence-electron chi connectivity index (χ0n) is 14.3. The van der Waals surface area contributed by atoms with E-state index in [0.29, 0.717) is 21.4 Å². The summed E-state index contributed by atoms with van der Waals surface area (Å²) in [6, 6.07) is 18.6.